The molecular formula is C29H26FN3O2. The van der Waals surface area contributed by atoms with Crippen molar-refractivity contribution in [2.45, 2.75) is 38.3 Å². The van der Waals surface area contributed by atoms with Crippen molar-refractivity contribution in [3.05, 3.63) is 135 Å². The van der Waals surface area contributed by atoms with E-state index >= 15 is 0 Å². The Morgan fingerprint density at radius 3 is 2.34 bits per heavy atom. The van der Waals surface area contributed by atoms with E-state index in [9.17, 15) is 14.0 Å². The number of rotatable bonds is 7. The van der Waals surface area contributed by atoms with Crippen molar-refractivity contribution in [1.29, 1.82) is 0 Å². The lowest BCUT2D eigenvalue weighted by atomic mass is 9.98. The maximum Gasteiger partial charge on any atom is 0.257 e. The fourth-order valence-corrected chi connectivity index (χ4v) is 4.55. The molecule has 0 aliphatic heterocycles. The SMILES string of the molecule is Cc1cc(=O)c(C(=O)NC(c2ccccc2)c2ccncc2)c(C2CC2)n1Cc1ccc(F)cc1. The maximum absolute atomic E-state index is 13.7. The number of hydrogen-bond acceptors (Lipinski definition) is 3. The Kier molecular flexibility index (Phi) is 6.27. The number of nitrogens with one attached hydrogen (secondary N) is 1. The molecule has 6 heteroatoms. The predicted molar refractivity (Wildman–Crippen MR) is 133 cm³/mol. The molecule has 1 saturated carbocycles. The second kappa shape index (κ2) is 9.66. The van der Waals surface area contributed by atoms with E-state index in [4.69, 9.17) is 0 Å². The van der Waals surface area contributed by atoms with Crippen LogP contribution in [0.3, 0.4) is 0 Å². The Labute approximate surface area is 203 Å². The quantitative estimate of drug-likeness (QED) is 0.410. The summed E-state index contributed by atoms with van der Waals surface area (Å²) in [7, 11) is 0. The first kappa shape index (κ1) is 22.7. The number of aryl methyl sites for hydroxylation is 1. The van der Waals surface area contributed by atoms with Gasteiger partial charge in [0, 0.05) is 42.3 Å². The number of carbonyl (C=O) groups is 1. The molecule has 35 heavy (non-hydrogen) atoms. The molecule has 0 radical (unpaired) electrons. The summed E-state index contributed by atoms with van der Waals surface area (Å²) in [6.45, 7) is 2.34. The normalized spacial score (nSPS) is 13.9. The highest BCUT2D eigenvalue weighted by Crippen LogP contribution is 2.41. The molecule has 1 amide bonds. The molecule has 0 saturated heterocycles. The van der Waals surface area contributed by atoms with Crippen LogP contribution in [0.4, 0.5) is 4.39 Å². The van der Waals surface area contributed by atoms with Gasteiger partial charge >= 0.3 is 0 Å². The minimum atomic E-state index is -0.426. The zero-order valence-corrected chi connectivity index (χ0v) is 19.4. The molecule has 1 aliphatic rings. The van der Waals surface area contributed by atoms with Crippen molar-refractivity contribution in [3.63, 3.8) is 0 Å². The maximum atomic E-state index is 13.7. The largest absolute Gasteiger partial charge is 0.343 e. The first-order valence-corrected chi connectivity index (χ1v) is 11.8. The Morgan fingerprint density at radius 2 is 1.69 bits per heavy atom. The van der Waals surface area contributed by atoms with Crippen LogP contribution in [0.25, 0.3) is 0 Å². The topological polar surface area (TPSA) is 64.0 Å². The van der Waals surface area contributed by atoms with Gasteiger partial charge in [-0.3, -0.25) is 14.6 Å². The third-order valence-corrected chi connectivity index (χ3v) is 6.45. The van der Waals surface area contributed by atoms with Crippen LogP contribution in [0.1, 0.15) is 63.2 Å². The summed E-state index contributed by atoms with van der Waals surface area (Å²) in [4.78, 5) is 31.0. The highest BCUT2D eigenvalue weighted by molar-refractivity contribution is 5.96. The van der Waals surface area contributed by atoms with Crippen LogP contribution in [0.15, 0.2) is 90.0 Å². The van der Waals surface area contributed by atoms with Crippen molar-refractivity contribution < 1.29 is 9.18 Å². The predicted octanol–water partition coefficient (Wildman–Crippen LogP) is 5.14. The number of halogens is 1. The lowest BCUT2D eigenvalue weighted by molar-refractivity contribution is 0.0939. The molecule has 0 spiro atoms. The van der Waals surface area contributed by atoms with Crippen molar-refractivity contribution in [3.8, 4) is 0 Å². The van der Waals surface area contributed by atoms with Gasteiger partial charge in [0.15, 0.2) is 5.43 Å². The lowest BCUT2D eigenvalue weighted by Gasteiger charge is -2.23. The van der Waals surface area contributed by atoms with Crippen LogP contribution in [-0.4, -0.2) is 15.5 Å². The minimum absolute atomic E-state index is 0.153. The number of aromatic nitrogens is 2. The second-order valence-electron chi connectivity index (χ2n) is 8.99. The van der Waals surface area contributed by atoms with Crippen molar-refractivity contribution >= 4 is 5.91 Å². The minimum Gasteiger partial charge on any atom is -0.343 e. The van der Waals surface area contributed by atoms with E-state index in [1.54, 1.807) is 24.5 Å². The summed E-state index contributed by atoms with van der Waals surface area (Å²) in [6.07, 6.45) is 5.24. The van der Waals surface area contributed by atoms with Crippen molar-refractivity contribution in [2.75, 3.05) is 0 Å². The second-order valence-corrected chi connectivity index (χ2v) is 8.99. The molecule has 176 valence electrons. The number of carbonyl (C=O) groups excluding carboxylic acids is 1. The molecule has 1 N–H and O–H groups in total. The molecule has 1 fully saturated rings. The van der Waals surface area contributed by atoms with Crippen LogP contribution >= 0.6 is 0 Å². The molecule has 2 aromatic heterocycles. The Bertz CT molecular complexity index is 1360. The lowest BCUT2D eigenvalue weighted by Crippen LogP contribution is -2.35. The summed E-state index contributed by atoms with van der Waals surface area (Å²) in [5, 5.41) is 3.12. The zero-order chi connectivity index (χ0) is 24.4. The van der Waals surface area contributed by atoms with Crippen molar-refractivity contribution in [1.82, 2.24) is 14.9 Å². The summed E-state index contributed by atoms with van der Waals surface area (Å²) in [5.74, 6) is -0.536. The fraction of sp³-hybridized carbons (Fsp3) is 0.207. The number of hydrogen-bond donors (Lipinski definition) is 1. The van der Waals surface area contributed by atoms with Gasteiger partial charge in [0.2, 0.25) is 0 Å². The molecule has 5 rings (SSSR count). The van der Waals surface area contributed by atoms with E-state index in [1.165, 1.54) is 18.2 Å². The molecule has 1 atom stereocenters. The van der Waals surface area contributed by atoms with E-state index < -0.39 is 11.9 Å². The average molecular weight is 468 g/mol. The summed E-state index contributed by atoms with van der Waals surface area (Å²) >= 11 is 0. The van der Waals surface area contributed by atoms with Gasteiger partial charge in [-0.1, -0.05) is 42.5 Å². The van der Waals surface area contributed by atoms with Gasteiger partial charge in [-0.25, -0.2) is 4.39 Å². The van der Waals surface area contributed by atoms with E-state index in [0.29, 0.717) is 6.54 Å². The molecule has 1 aliphatic carbocycles. The first-order chi connectivity index (χ1) is 17.0. The van der Waals surface area contributed by atoms with Crippen LogP contribution in [0.2, 0.25) is 0 Å². The smallest absolute Gasteiger partial charge is 0.257 e. The van der Waals surface area contributed by atoms with E-state index in [2.05, 4.69) is 10.3 Å². The number of nitrogens with zero attached hydrogens (tertiary/aromatic N) is 2. The third-order valence-electron chi connectivity index (χ3n) is 6.45. The molecule has 5 nitrogen and oxygen atoms in total. The summed E-state index contributed by atoms with van der Waals surface area (Å²) in [5.41, 5.74) is 4.16. The molecule has 1 unspecified atom stereocenters. The Balaban J connectivity index is 1.56. The fourth-order valence-electron chi connectivity index (χ4n) is 4.55. The van der Waals surface area contributed by atoms with Crippen LogP contribution in [0, 0.1) is 12.7 Å². The van der Waals surface area contributed by atoms with Crippen LogP contribution < -0.4 is 10.7 Å². The van der Waals surface area contributed by atoms with Crippen LogP contribution in [0.5, 0.6) is 0 Å². The third kappa shape index (κ3) is 4.92. The highest BCUT2D eigenvalue weighted by atomic mass is 19.1. The van der Waals surface area contributed by atoms with Gasteiger partial charge in [-0.2, -0.15) is 0 Å². The standard InChI is InChI=1S/C29H26FN3O2/c1-19-17-25(34)26(28(23-9-10-23)33(19)18-20-7-11-24(30)12-8-20)29(35)32-27(21-5-3-2-4-6-21)22-13-15-31-16-14-22/h2-8,11-17,23,27H,9-10,18H2,1H3,(H,32,35). The van der Waals surface area contributed by atoms with Gasteiger partial charge in [-0.05, 0) is 60.7 Å². The molecular weight excluding hydrogens is 441 g/mol. The Morgan fingerprint density at radius 1 is 1.03 bits per heavy atom. The number of pyridine rings is 2. The van der Waals surface area contributed by atoms with Crippen LogP contribution in [-0.2, 0) is 6.54 Å². The summed E-state index contributed by atoms with van der Waals surface area (Å²) < 4.78 is 15.5. The molecule has 2 heterocycles. The average Bonchev–Trinajstić information content (AvgIpc) is 3.71. The summed E-state index contributed by atoms with van der Waals surface area (Å²) in [6, 6.07) is 20.8. The van der Waals surface area contributed by atoms with Gasteiger partial charge < -0.3 is 9.88 Å². The van der Waals surface area contributed by atoms with Crippen molar-refractivity contribution in [2.24, 2.45) is 0 Å². The highest BCUT2D eigenvalue weighted by Gasteiger charge is 2.34. The molecule has 2 aromatic carbocycles. The Hall–Kier alpha value is -4.06. The molecule has 4 aromatic rings. The molecule has 0 bridgehead atoms. The monoisotopic (exact) mass is 467 g/mol. The van der Waals surface area contributed by atoms with Gasteiger partial charge in [0.25, 0.3) is 5.91 Å². The van der Waals surface area contributed by atoms with Gasteiger partial charge in [0.05, 0.1) is 6.04 Å². The van der Waals surface area contributed by atoms with E-state index in [0.717, 1.165) is 40.9 Å². The van der Waals surface area contributed by atoms with Gasteiger partial charge in [-0.15, -0.1) is 0 Å². The van der Waals surface area contributed by atoms with Gasteiger partial charge in [0.1, 0.15) is 11.4 Å². The van der Waals surface area contributed by atoms with E-state index in [-0.39, 0.29) is 22.7 Å². The number of benzene rings is 2. The first-order valence-electron chi connectivity index (χ1n) is 11.8. The number of amides is 1. The zero-order valence-electron chi connectivity index (χ0n) is 19.4. The van der Waals surface area contributed by atoms with E-state index in [1.807, 2.05) is 54.0 Å².